The monoisotopic (exact) mass is 357 g/mol. The minimum atomic E-state index is -1.33. The molecule has 27 heavy (non-hydrogen) atoms. The van der Waals surface area contributed by atoms with Crippen LogP contribution >= 0.6 is 0 Å². The minimum Gasteiger partial charge on any atom is -0.497 e. The summed E-state index contributed by atoms with van der Waals surface area (Å²) in [5.74, 6) is 0.685. The van der Waals surface area contributed by atoms with Gasteiger partial charge in [0, 0.05) is 22.3 Å². The van der Waals surface area contributed by atoms with Crippen LogP contribution in [0, 0.1) is 0 Å². The molecule has 134 valence electrons. The van der Waals surface area contributed by atoms with Crippen molar-refractivity contribution in [3.05, 3.63) is 92.8 Å². The number of aliphatic hydroxyl groups is 1. The van der Waals surface area contributed by atoms with E-state index in [-0.39, 0.29) is 5.56 Å². The van der Waals surface area contributed by atoms with Crippen molar-refractivity contribution in [2.45, 2.75) is 18.4 Å². The van der Waals surface area contributed by atoms with Gasteiger partial charge in [-0.2, -0.15) is 0 Å². The van der Waals surface area contributed by atoms with E-state index in [1.165, 1.54) is 0 Å². The number of benzene rings is 2. The number of fused-ring (bicyclic) bond motifs is 5. The zero-order chi connectivity index (χ0) is 18.6. The maximum Gasteiger partial charge on any atom is 0.255 e. The summed E-state index contributed by atoms with van der Waals surface area (Å²) in [4.78, 5) is 15.7. The predicted molar refractivity (Wildman–Crippen MR) is 105 cm³/mol. The van der Waals surface area contributed by atoms with Gasteiger partial charge < -0.3 is 14.8 Å². The van der Waals surface area contributed by atoms with Crippen molar-refractivity contribution in [3.8, 4) is 17.0 Å². The lowest BCUT2D eigenvalue weighted by Gasteiger charge is -2.29. The Labute approximate surface area is 156 Å². The molecule has 2 aliphatic carbocycles. The molecular weight excluding hydrogens is 338 g/mol. The predicted octanol–water partition coefficient (Wildman–Crippen LogP) is 3.61. The van der Waals surface area contributed by atoms with Gasteiger partial charge in [0.05, 0.1) is 12.8 Å². The highest BCUT2D eigenvalue weighted by molar-refractivity contribution is 5.82. The molecule has 0 aliphatic heterocycles. The molecule has 2 aromatic carbocycles. The molecule has 0 saturated carbocycles. The van der Waals surface area contributed by atoms with Crippen LogP contribution in [0.3, 0.4) is 0 Å². The first kappa shape index (κ1) is 16.1. The first-order chi connectivity index (χ1) is 13.1. The van der Waals surface area contributed by atoms with Crippen molar-refractivity contribution in [2.24, 2.45) is 0 Å². The van der Waals surface area contributed by atoms with Crippen LogP contribution in [-0.4, -0.2) is 17.2 Å². The lowest BCUT2D eigenvalue weighted by molar-refractivity contribution is 0.129. The fraction of sp³-hybridized carbons (Fsp3) is 0.174. The highest BCUT2D eigenvalue weighted by Gasteiger charge is 2.46. The van der Waals surface area contributed by atoms with Crippen LogP contribution < -0.4 is 10.3 Å². The van der Waals surface area contributed by atoms with Crippen LogP contribution in [0.1, 0.15) is 34.2 Å². The van der Waals surface area contributed by atoms with Gasteiger partial charge in [-0.05, 0) is 36.1 Å². The number of pyridine rings is 1. The molecule has 1 aromatic heterocycles. The normalized spacial score (nSPS) is 19.3. The Balaban J connectivity index is 1.91. The number of aromatic nitrogens is 1. The van der Waals surface area contributed by atoms with Crippen LogP contribution in [0.4, 0.5) is 0 Å². The third kappa shape index (κ3) is 2.10. The van der Waals surface area contributed by atoms with Crippen molar-refractivity contribution < 1.29 is 9.84 Å². The molecule has 0 saturated heterocycles. The van der Waals surface area contributed by atoms with Crippen molar-refractivity contribution in [3.63, 3.8) is 0 Å². The van der Waals surface area contributed by atoms with E-state index >= 15 is 0 Å². The SMILES string of the molecule is COc1cccc(C2(O)c3ccccc3-c3[nH]c(=O)c4c(c32)CCC=C4)c1. The van der Waals surface area contributed by atoms with E-state index < -0.39 is 5.60 Å². The molecule has 1 atom stereocenters. The summed E-state index contributed by atoms with van der Waals surface area (Å²) in [5, 5.41) is 12.1. The number of aromatic amines is 1. The van der Waals surface area contributed by atoms with Gasteiger partial charge in [-0.25, -0.2) is 0 Å². The lowest BCUT2D eigenvalue weighted by atomic mass is 9.80. The number of nitrogens with one attached hydrogen (secondary N) is 1. The fourth-order valence-electron chi connectivity index (χ4n) is 4.43. The van der Waals surface area contributed by atoms with E-state index in [0.29, 0.717) is 11.3 Å². The van der Waals surface area contributed by atoms with Gasteiger partial charge in [0.2, 0.25) is 0 Å². The van der Waals surface area contributed by atoms with Crippen molar-refractivity contribution in [2.75, 3.05) is 7.11 Å². The zero-order valence-electron chi connectivity index (χ0n) is 15.0. The second-order valence-electron chi connectivity index (χ2n) is 7.03. The van der Waals surface area contributed by atoms with E-state index in [9.17, 15) is 9.90 Å². The Morgan fingerprint density at radius 3 is 2.85 bits per heavy atom. The molecule has 4 nitrogen and oxygen atoms in total. The van der Waals surface area contributed by atoms with Crippen LogP contribution in [0.15, 0.2) is 59.4 Å². The Bertz CT molecular complexity index is 1160. The number of hydrogen-bond donors (Lipinski definition) is 2. The van der Waals surface area contributed by atoms with Gasteiger partial charge in [0.1, 0.15) is 11.4 Å². The van der Waals surface area contributed by atoms with Crippen molar-refractivity contribution >= 4 is 6.08 Å². The molecule has 2 N–H and O–H groups in total. The van der Waals surface area contributed by atoms with Crippen LogP contribution in [0.2, 0.25) is 0 Å². The highest BCUT2D eigenvalue weighted by Crippen LogP contribution is 2.52. The molecule has 0 bridgehead atoms. The molecule has 0 amide bonds. The molecule has 3 aromatic rings. The Morgan fingerprint density at radius 1 is 1.15 bits per heavy atom. The largest absolute Gasteiger partial charge is 0.497 e. The number of ether oxygens (including phenoxy) is 1. The first-order valence-electron chi connectivity index (χ1n) is 9.07. The molecule has 5 rings (SSSR count). The number of H-pyrrole nitrogens is 1. The van der Waals surface area contributed by atoms with Gasteiger partial charge in [-0.3, -0.25) is 4.79 Å². The van der Waals surface area contributed by atoms with E-state index in [4.69, 9.17) is 4.74 Å². The minimum absolute atomic E-state index is 0.107. The third-order valence-corrected chi connectivity index (χ3v) is 5.64. The molecule has 2 aliphatic rings. The summed E-state index contributed by atoms with van der Waals surface area (Å²) < 4.78 is 5.39. The van der Waals surface area contributed by atoms with E-state index in [2.05, 4.69) is 4.98 Å². The van der Waals surface area contributed by atoms with Crippen LogP contribution in [0.5, 0.6) is 5.75 Å². The summed E-state index contributed by atoms with van der Waals surface area (Å²) >= 11 is 0. The maximum absolute atomic E-state index is 12.7. The van der Waals surface area contributed by atoms with E-state index in [0.717, 1.165) is 46.4 Å². The third-order valence-electron chi connectivity index (χ3n) is 5.64. The summed E-state index contributed by atoms with van der Waals surface area (Å²) in [5.41, 5.74) is 4.03. The second-order valence-corrected chi connectivity index (χ2v) is 7.03. The van der Waals surface area contributed by atoms with Gasteiger partial charge in [0.25, 0.3) is 5.56 Å². The van der Waals surface area contributed by atoms with Crippen molar-refractivity contribution in [1.82, 2.24) is 4.98 Å². The quantitative estimate of drug-likeness (QED) is 0.736. The summed E-state index contributed by atoms with van der Waals surface area (Å²) in [6.07, 6.45) is 5.47. The standard InChI is InChI=1S/C23H19NO3/c1-27-15-8-6-7-14(13-15)23(26)19-12-5-4-11-18(19)21-20(23)16-9-2-3-10-17(16)22(25)24-21/h3-8,10-13,26H,2,9H2,1H3,(H,24,25). The Morgan fingerprint density at radius 2 is 2.00 bits per heavy atom. The first-order valence-corrected chi connectivity index (χ1v) is 9.07. The Hall–Kier alpha value is -3.11. The number of methoxy groups -OCH3 is 1. The summed E-state index contributed by atoms with van der Waals surface area (Å²) in [7, 11) is 1.61. The highest BCUT2D eigenvalue weighted by atomic mass is 16.5. The van der Waals surface area contributed by atoms with Crippen LogP contribution in [-0.2, 0) is 12.0 Å². The molecule has 0 spiro atoms. The van der Waals surface area contributed by atoms with E-state index in [1.54, 1.807) is 7.11 Å². The van der Waals surface area contributed by atoms with Gasteiger partial charge in [0.15, 0.2) is 0 Å². The number of allylic oxidation sites excluding steroid dienone is 1. The molecule has 0 fully saturated rings. The molecule has 4 heteroatoms. The second kappa shape index (κ2) is 5.69. The maximum atomic E-state index is 12.7. The summed E-state index contributed by atoms with van der Waals surface area (Å²) in [6, 6.07) is 15.2. The van der Waals surface area contributed by atoms with Crippen molar-refractivity contribution in [1.29, 1.82) is 0 Å². The lowest BCUT2D eigenvalue weighted by Crippen LogP contribution is -2.30. The van der Waals surface area contributed by atoms with Gasteiger partial charge in [-0.15, -0.1) is 0 Å². The Kier molecular flexibility index (Phi) is 3.39. The van der Waals surface area contributed by atoms with Gasteiger partial charge in [-0.1, -0.05) is 48.6 Å². The molecule has 1 unspecified atom stereocenters. The smallest absolute Gasteiger partial charge is 0.255 e. The van der Waals surface area contributed by atoms with Crippen LogP contribution in [0.25, 0.3) is 17.3 Å². The zero-order valence-corrected chi connectivity index (χ0v) is 15.0. The summed E-state index contributed by atoms with van der Waals surface area (Å²) in [6.45, 7) is 0. The fourth-order valence-corrected chi connectivity index (χ4v) is 4.43. The topological polar surface area (TPSA) is 62.3 Å². The van der Waals surface area contributed by atoms with Gasteiger partial charge >= 0.3 is 0 Å². The average Bonchev–Trinajstić information content (AvgIpc) is 2.98. The number of hydrogen-bond acceptors (Lipinski definition) is 3. The molecule has 0 radical (unpaired) electrons. The van der Waals surface area contributed by atoms with E-state index in [1.807, 2.05) is 60.7 Å². The molecular formula is C23H19NO3. The number of rotatable bonds is 2. The average molecular weight is 357 g/mol. The molecule has 1 heterocycles.